The number of nitrogens with one attached hydrogen (secondary N) is 3. The van der Waals surface area contributed by atoms with Gasteiger partial charge in [-0.15, -0.1) is 16.4 Å². The van der Waals surface area contributed by atoms with Gasteiger partial charge in [0, 0.05) is 47.6 Å². The van der Waals surface area contributed by atoms with Gasteiger partial charge < -0.3 is 19.4 Å². The molecule has 4 aromatic heterocycles. The predicted molar refractivity (Wildman–Crippen MR) is 136 cm³/mol. The Bertz CT molecular complexity index is 1520. The Morgan fingerprint density at radius 1 is 1.18 bits per heavy atom. The molecule has 4 heterocycles. The zero-order valence-electron chi connectivity index (χ0n) is 20.9. The maximum Gasteiger partial charge on any atom is 0.434 e. The molecule has 0 saturated heterocycles. The number of amides is 2. The SMILES string of the molecule is CCNC(=O)Nc1cc(-c2nc(C(F)(F)F)cs2)c(-c2cc(-c3n[nH]c(=O)o3)cnc2OCCN(C)C)cn1. The van der Waals surface area contributed by atoms with Crippen LogP contribution in [0, 0.1) is 0 Å². The first-order valence-corrected chi connectivity index (χ1v) is 12.3. The Hall–Kier alpha value is -4.31. The summed E-state index contributed by atoms with van der Waals surface area (Å²) in [5.74, 6) is -0.589. The summed E-state index contributed by atoms with van der Waals surface area (Å²) < 4.78 is 51.1. The van der Waals surface area contributed by atoms with Crippen molar-refractivity contribution in [3.05, 3.63) is 46.2 Å². The molecule has 4 aromatic rings. The number of ether oxygens (including phenoxy) is 1. The minimum absolute atomic E-state index is 0.0228. The number of likely N-dealkylation sites (N-methyl/N-ethyl adjacent to an activating group) is 1. The summed E-state index contributed by atoms with van der Waals surface area (Å²) in [6.07, 6.45) is -1.90. The van der Waals surface area contributed by atoms with E-state index in [1.807, 2.05) is 19.0 Å². The van der Waals surface area contributed by atoms with Crippen LogP contribution < -0.4 is 21.1 Å². The number of carbonyl (C=O) groups is 1. The van der Waals surface area contributed by atoms with Crippen LogP contribution >= 0.6 is 11.3 Å². The van der Waals surface area contributed by atoms with Gasteiger partial charge in [0.15, 0.2) is 5.69 Å². The van der Waals surface area contributed by atoms with Crippen molar-refractivity contribution >= 4 is 23.2 Å². The molecule has 0 fully saturated rings. The zero-order chi connectivity index (χ0) is 28.2. The van der Waals surface area contributed by atoms with E-state index in [0.717, 1.165) is 16.7 Å². The normalized spacial score (nSPS) is 11.6. The average Bonchev–Trinajstić information content (AvgIpc) is 3.54. The highest BCUT2D eigenvalue weighted by Gasteiger charge is 2.34. The van der Waals surface area contributed by atoms with Gasteiger partial charge in [-0.2, -0.15) is 13.2 Å². The monoisotopic (exact) mass is 564 g/mol. The second-order valence-corrected chi connectivity index (χ2v) is 9.14. The quantitative estimate of drug-likeness (QED) is 0.276. The molecule has 0 saturated carbocycles. The molecule has 0 spiro atoms. The third-order valence-corrected chi connectivity index (χ3v) is 5.99. The number of carbonyl (C=O) groups excluding carboxylic acids is 1. The lowest BCUT2D eigenvalue weighted by Crippen LogP contribution is -2.28. The first kappa shape index (κ1) is 27.7. The number of hydrogen-bond acceptors (Lipinski definition) is 10. The van der Waals surface area contributed by atoms with E-state index in [-0.39, 0.29) is 34.8 Å². The first-order chi connectivity index (χ1) is 18.5. The molecule has 2 amide bonds. The molecular formula is C23H23F3N8O4S. The number of halogens is 3. The van der Waals surface area contributed by atoms with Gasteiger partial charge in [-0.25, -0.2) is 29.6 Å². The molecule has 206 valence electrons. The molecule has 0 unspecified atom stereocenters. The van der Waals surface area contributed by atoms with Gasteiger partial charge >= 0.3 is 18.0 Å². The molecule has 0 aliphatic carbocycles. The molecule has 3 N–H and O–H groups in total. The van der Waals surface area contributed by atoms with E-state index in [0.29, 0.717) is 29.8 Å². The number of aromatic nitrogens is 5. The van der Waals surface area contributed by atoms with E-state index < -0.39 is 23.7 Å². The van der Waals surface area contributed by atoms with E-state index in [1.54, 1.807) is 13.0 Å². The Morgan fingerprint density at radius 2 is 1.97 bits per heavy atom. The van der Waals surface area contributed by atoms with Gasteiger partial charge in [-0.3, -0.25) is 5.32 Å². The third-order valence-electron chi connectivity index (χ3n) is 5.11. The number of anilines is 1. The lowest BCUT2D eigenvalue weighted by molar-refractivity contribution is -0.140. The van der Waals surface area contributed by atoms with Crippen LogP contribution in [-0.2, 0) is 6.18 Å². The number of H-pyrrole nitrogens is 1. The molecule has 0 aliphatic heterocycles. The summed E-state index contributed by atoms with van der Waals surface area (Å²) in [7, 11) is 3.73. The van der Waals surface area contributed by atoms with Gasteiger partial charge in [0.25, 0.3) is 5.89 Å². The highest BCUT2D eigenvalue weighted by Crippen LogP contribution is 2.41. The van der Waals surface area contributed by atoms with E-state index >= 15 is 0 Å². The van der Waals surface area contributed by atoms with Crippen molar-refractivity contribution in [2.75, 3.05) is 39.1 Å². The number of thiazole rings is 1. The van der Waals surface area contributed by atoms with E-state index in [1.165, 1.54) is 18.5 Å². The first-order valence-electron chi connectivity index (χ1n) is 11.5. The van der Waals surface area contributed by atoms with Crippen molar-refractivity contribution in [1.29, 1.82) is 0 Å². The van der Waals surface area contributed by atoms with Crippen LogP contribution in [0.5, 0.6) is 5.88 Å². The fraction of sp³-hybridized carbons (Fsp3) is 0.304. The van der Waals surface area contributed by atoms with Crippen molar-refractivity contribution in [1.82, 2.24) is 35.4 Å². The second kappa shape index (κ2) is 11.6. The molecule has 0 bridgehead atoms. The second-order valence-electron chi connectivity index (χ2n) is 8.28. The van der Waals surface area contributed by atoms with Crippen LogP contribution in [0.2, 0.25) is 0 Å². The van der Waals surface area contributed by atoms with Gasteiger partial charge in [-0.05, 0) is 33.2 Å². The van der Waals surface area contributed by atoms with Crippen LogP contribution in [0.4, 0.5) is 23.8 Å². The fourth-order valence-electron chi connectivity index (χ4n) is 3.32. The lowest BCUT2D eigenvalue weighted by atomic mass is 10.0. The smallest absolute Gasteiger partial charge is 0.434 e. The Labute approximate surface area is 223 Å². The molecule has 0 aliphatic rings. The topological polar surface area (TPSA) is 151 Å². The van der Waals surface area contributed by atoms with Crippen molar-refractivity contribution in [2.45, 2.75) is 13.1 Å². The van der Waals surface area contributed by atoms with Gasteiger partial charge in [0.05, 0.1) is 5.56 Å². The largest absolute Gasteiger partial charge is 0.476 e. The van der Waals surface area contributed by atoms with Gasteiger partial charge in [-0.1, -0.05) is 0 Å². The number of hydrogen-bond donors (Lipinski definition) is 3. The summed E-state index contributed by atoms with van der Waals surface area (Å²) in [6.45, 7) is 2.89. The standard InChI is InChI=1S/C23H23F3N8O4S/c1-4-27-21(35)31-17-8-14(20-30-16(11-39-20)23(24,25)26)15(10-28-17)13-7-12(18-32-33-22(36)38-18)9-29-19(13)37-6-5-34(2)3/h7-11H,4-6H2,1-3H3,(H,33,36)(H2,27,28,31,35). The van der Waals surface area contributed by atoms with Crippen LogP contribution in [-0.4, -0.2) is 69.9 Å². The van der Waals surface area contributed by atoms with Crippen molar-refractivity contribution in [3.8, 4) is 39.0 Å². The summed E-state index contributed by atoms with van der Waals surface area (Å²) >= 11 is 0.775. The number of aromatic amines is 1. The summed E-state index contributed by atoms with van der Waals surface area (Å²) in [5, 5.41) is 12.0. The fourth-order valence-corrected chi connectivity index (χ4v) is 4.18. The number of rotatable bonds is 9. The van der Waals surface area contributed by atoms with Crippen LogP contribution in [0.25, 0.3) is 33.2 Å². The van der Waals surface area contributed by atoms with E-state index in [2.05, 4.69) is 35.8 Å². The van der Waals surface area contributed by atoms with Gasteiger partial charge in [0.2, 0.25) is 5.88 Å². The maximum atomic E-state index is 13.4. The molecule has 0 radical (unpaired) electrons. The van der Waals surface area contributed by atoms with Crippen LogP contribution in [0.1, 0.15) is 12.6 Å². The average molecular weight is 565 g/mol. The van der Waals surface area contributed by atoms with Crippen molar-refractivity contribution in [2.24, 2.45) is 0 Å². The molecule has 0 aromatic carbocycles. The summed E-state index contributed by atoms with van der Waals surface area (Å²) in [4.78, 5) is 37.9. The number of nitrogens with zero attached hydrogens (tertiary/aromatic N) is 5. The van der Waals surface area contributed by atoms with E-state index in [9.17, 15) is 22.8 Å². The summed E-state index contributed by atoms with van der Waals surface area (Å²) in [6, 6.07) is 2.44. The molecule has 39 heavy (non-hydrogen) atoms. The third kappa shape index (κ3) is 6.77. The Morgan fingerprint density at radius 3 is 2.62 bits per heavy atom. The van der Waals surface area contributed by atoms with Gasteiger partial charge in [0.1, 0.15) is 17.4 Å². The van der Waals surface area contributed by atoms with Crippen LogP contribution in [0.15, 0.2) is 39.1 Å². The number of pyridine rings is 2. The molecule has 16 heteroatoms. The molecule has 12 nitrogen and oxygen atoms in total. The predicted octanol–water partition coefficient (Wildman–Crippen LogP) is 3.71. The Balaban J connectivity index is 1.87. The minimum Gasteiger partial charge on any atom is -0.476 e. The summed E-state index contributed by atoms with van der Waals surface area (Å²) in [5.41, 5.74) is 0.113. The zero-order valence-corrected chi connectivity index (χ0v) is 21.7. The van der Waals surface area contributed by atoms with Crippen molar-refractivity contribution in [3.63, 3.8) is 0 Å². The Kier molecular flexibility index (Phi) is 8.25. The number of urea groups is 1. The molecular weight excluding hydrogens is 541 g/mol. The highest BCUT2D eigenvalue weighted by molar-refractivity contribution is 7.13. The lowest BCUT2D eigenvalue weighted by Gasteiger charge is -2.16. The van der Waals surface area contributed by atoms with E-state index in [4.69, 9.17) is 9.15 Å². The molecule has 0 atom stereocenters. The van der Waals surface area contributed by atoms with Crippen molar-refractivity contribution < 1.29 is 27.1 Å². The minimum atomic E-state index is -4.65. The van der Waals surface area contributed by atoms with Crippen LogP contribution in [0.3, 0.4) is 0 Å². The number of alkyl halides is 3. The maximum absolute atomic E-state index is 13.4. The molecule has 4 rings (SSSR count). The highest BCUT2D eigenvalue weighted by atomic mass is 32.1.